The predicted molar refractivity (Wildman–Crippen MR) is 86.6 cm³/mol. The predicted octanol–water partition coefficient (Wildman–Crippen LogP) is 1.45. The molecule has 2 amide bonds. The van der Waals surface area contributed by atoms with E-state index in [2.05, 4.69) is 0 Å². The van der Waals surface area contributed by atoms with E-state index < -0.39 is 0 Å². The number of carbonyl (C=O) groups is 2. The van der Waals surface area contributed by atoms with Gasteiger partial charge in [-0.3, -0.25) is 9.59 Å². The van der Waals surface area contributed by atoms with Crippen LogP contribution in [0.2, 0.25) is 0 Å². The molecular formula is C16H18N2O3S. The van der Waals surface area contributed by atoms with Crippen LogP contribution in [-0.4, -0.2) is 60.0 Å². The lowest BCUT2D eigenvalue weighted by Crippen LogP contribution is -2.47. The van der Waals surface area contributed by atoms with Crippen molar-refractivity contribution in [3.05, 3.63) is 35.4 Å². The first-order valence-electron chi connectivity index (χ1n) is 7.10. The summed E-state index contributed by atoms with van der Waals surface area (Å²) in [6.45, 7) is 0.250. The van der Waals surface area contributed by atoms with Crippen molar-refractivity contribution in [3.63, 3.8) is 0 Å². The smallest absolute Gasteiger partial charge is 0.254 e. The van der Waals surface area contributed by atoms with Crippen molar-refractivity contribution in [3.8, 4) is 5.75 Å². The number of likely N-dealkylation sites (N-methyl/N-ethyl adjacent to an activating group) is 1. The van der Waals surface area contributed by atoms with E-state index >= 15 is 0 Å². The average Bonchev–Trinajstić information content (AvgIpc) is 3.02. The fourth-order valence-corrected chi connectivity index (χ4v) is 3.71. The largest absolute Gasteiger partial charge is 0.488 e. The van der Waals surface area contributed by atoms with Crippen molar-refractivity contribution in [1.29, 1.82) is 0 Å². The number of amides is 2. The van der Waals surface area contributed by atoms with Gasteiger partial charge in [-0.05, 0) is 12.1 Å². The number of nitrogens with zero attached hydrogens (tertiary/aromatic N) is 2. The van der Waals surface area contributed by atoms with Crippen LogP contribution in [0, 0.1) is 0 Å². The van der Waals surface area contributed by atoms with Crippen LogP contribution in [-0.2, 0) is 9.59 Å². The van der Waals surface area contributed by atoms with E-state index in [0.717, 1.165) is 11.3 Å². The Morgan fingerprint density at radius 2 is 2.09 bits per heavy atom. The molecule has 2 heterocycles. The molecule has 3 rings (SSSR count). The normalized spacial score (nSPS) is 20.0. The van der Waals surface area contributed by atoms with Crippen LogP contribution >= 0.6 is 11.8 Å². The number of fused-ring (bicyclic) bond motifs is 1. The van der Waals surface area contributed by atoms with Crippen molar-refractivity contribution in [2.45, 2.75) is 6.04 Å². The molecule has 1 fully saturated rings. The van der Waals surface area contributed by atoms with Gasteiger partial charge in [0.15, 0.2) is 0 Å². The first kappa shape index (κ1) is 15.0. The fourth-order valence-electron chi connectivity index (χ4n) is 2.57. The Morgan fingerprint density at radius 3 is 2.86 bits per heavy atom. The zero-order valence-electron chi connectivity index (χ0n) is 12.6. The monoisotopic (exact) mass is 318 g/mol. The van der Waals surface area contributed by atoms with Gasteiger partial charge in [0.05, 0.1) is 11.4 Å². The number of ether oxygens (including phenoxy) is 1. The molecule has 1 aromatic rings. The summed E-state index contributed by atoms with van der Waals surface area (Å²) in [5, 5.41) is 0. The topological polar surface area (TPSA) is 49.9 Å². The Morgan fingerprint density at radius 1 is 1.32 bits per heavy atom. The lowest BCUT2D eigenvalue weighted by atomic mass is 10.1. The molecule has 0 N–H and O–H groups in total. The maximum absolute atomic E-state index is 12.7. The molecule has 5 nitrogen and oxygen atoms in total. The molecule has 0 saturated carbocycles. The second-order valence-corrected chi connectivity index (χ2v) is 6.52. The van der Waals surface area contributed by atoms with Gasteiger partial charge in [-0.25, -0.2) is 0 Å². The van der Waals surface area contributed by atoms with Gasteiger partial charge in [0.2, 0.25) is 5.91 Å². The number of carbonyl (C=O) groups excluding carboxylic acids is 2. The Kier molecular flexibility index (Phi) is 4.11. The quantitative estimate of drug-likeness (QED) is 0.828. The third kappa shape index (κ3) is 2.70. The molecule has 2 aliphatic heterocycles. The van der Waals surface area contributed by atoms with E-state index in [1.807, 2.05) is 30.3 Å². The number of para-hydroxylation sites is 1. The molecule has 1 aromatic carbocycles. The van der Waals surface area contributed by atoms with Crippen molar-refractivity contribution in [2.75, 3.05) is 32.3 Å². The van der Waals surface area contributed by atoms with Crippen LogP contribution in [0.5, 0.6) is 5.75 Å². The molecule has 2 aliphatic rings. The molecule has 116 valence electrons. The second kappa shape index (κ2) is 6.04. The van der Waals surface area contributed by atoms with Crippen LogP contribution in [0.1, 0.15) is 5.56 Å². The summed E-state index contributed by atoms with van der Waals surface area (Å²) in [6, 6.07) is 7.24. The lowest BCUT2D eigenvalue weighted by Gasteiger charge is -2.27. The van der Waals surface area contributed by atoms with E-state index in [1.165, 1.54) is 4.90 Å². The molecule has 0 unspecified atom stereocenters. The number of hydrogen-bond acceptors (Lipinski definition) is 4. The van der Waals surface area contributed by atoms with Crippen molar-refractivity contribution in [1.82, 2.24) is 9.80 Å². The Hall–Kier alpha value is -1.95. The molecule has 1 atom stereocenters. The van der Waals surface area contributed by atoms with Crippen molar-refractivity contribution in [2.24, 2.45) is 0 Å². The number of benzene rings is 1. The molecule has 22 heavy (non-hydrogen) atoms. The number of thioether (sulfide) groups is 1. The number of rotatable bonds is 2. The molecule has 0 aliphatic carbocycles. The summed E-state index contributed by atoms with van der Waals surface area (Å²) in [7, 11) is 3.43. The first-order chi connectivity index (χ1) is 10.6. The molecule has 1 saturated heterocycles. The lowest BCUT2D eigenvalue weighted by molar-refractivity contribution is -0.140. The Bertz CT molecular complexity index is 642. The maximum atomic E-state index is 12.7. The highest BCUT2D eigenvalue weighted by atomic mass is 32.2. The van der Waals surface area contributed by atoms with Gasteiger partial charge in [0, 0.05) is 25.4 Å². The fraction of sp³-hybridized carbons (Fsp3) is 0.375. The third-order valence-electron chi connectivity index (χ3n) is 3.78. The van der Waals surface area contributed by atoms with E-state index in [-0.39, 0.29) is 24.5 Å². The highest BCUT2D eigenvalue weighted by Gasteiger charge is 2.37. The molecular weight excluding hydrogens is 300 g/mol. The van der Waals surface area contributed by atoms with Gasteiger partial charge >= 0.3 is 0 Å². The maximum Gasteiger partial charge on any atom is 0.254 e. The minimum absolute atomic E-state index is 0.0314. The van der Waals surface area contributed by atoms with Crippen LogP contribution in [0.15, 0.2) is 29.8 Å². The summed E-state index contributed by atoms with van der Waals surface area (Å²) in [5.41, 5.74) is 1.50. The van der Waals surface area contributed by atoms with Crippen LogP contribution in [0.3, 0.4) is 0 Å². The standard InChI is InChI=1S/C16H18N2O3S/c1-17(2)16(20)13-9-22-10-18(13)15(19)12-7-11-5-3-4-6-14(11)21-8-12/h3-7,13H,8-10H2,1-2H3/t13-/m0/s1. The summed E-state index contributed by atoms with van der Waals surface area (Å²) < 4.78 is 5.64. The van der Waals surface area contributed by atoms with Crippen LogP contribution in [0.4, 0.5) is 0 Å². The molecule has 0 spiro atoms. The molecule has 6 heteroatoms. The third-order valence-corrected chi connectivity index (χ3v) is 4.79. The van der Waals surface area contributed by atoms with E-state index in [4.69, 9.17) is 4.74 Å². The van der Waals surface area contributed by atoms with Gasteiger partial charge in [0.25, 0.3) is 5.91 Å². The van der Waals surface area contributed by atoms with Gasteiger partial charge in [-0.2, -0.15) is 0 Å². The summed E-state index contributed by atoms with van der Waals surface area (Å²) >= 11 is 1.60. The molecule has 0 aromatic heterocycles. The highest BCUT2D eigenvalue weighted by molar-refractivity contribution is 7.99. The van der Waals surface area contributed by atoms with Crippen molar-refractivity contribution >= 4 is 29.7 Å². The summed E-state index contributed by atoms with van der Waals surface area (Å²) in [5.74, 6) is 1.83. The van der Waals surface area contributed by atoms with Gasteiger partial charge < -0.3 is 14.5 Å². The van der Waals surface area contributed by atoms with E-state index in [0.29, 0.717) is 17.2 Å². The van der Waals surface area contributed by atoms with Gasteiger partial charge in [-0.1, -0.05) is 18.2 Å². The van der Waals surface area contributed by atoms with Gasteiger partial charge in [-0.15, -0.1) is 11.8 Å². The number of hydrogen-bond donors (Lipinski definition) is 0. The van der Waals surface area contributed by atoms with E-state index in [1.54, 1.807) is 30.8 Å². The SMILES string of the molecule is CN(C)C(=O)[C@@H]1CSCN1C(=O)C1=Cc2ccccc2OC1. The average molecular weight is 318 g/mol. The summed E-state index contributed by atoms with van der Waals surface area (Å²) in [4.78, 5) is 28.1. The van der Waals surface area contributed by atoms with Crippen LogP contribution < -0.4 is 4.74 Å². The van der Waals surface area contributed by atoms with Crippen molar-refractivity contribution < 1.29 is 14.3 Å². The first-order valence-corrected chi connectivity index (χ1v) is 8.25. The minimum Gasteiger partial charge on any atom is -0.488 e. The second-order valence-electron chi connectivity index (χ2n) is 5.52. The van der Waals surface area contributed by atoms with Crippen LogP contribution in [0.25, 0.3) is 6.08 Å². The molecule has 0 bridgehead atoms. The minimum atomic E-state index is -0.384. The van der Waals surface area contributed by atoms with Gasteiger partial charge in [0.1, 0.15) is 18.4 Å². The molecule has 0 radical (unpaired) electrons. The Labute approximate surface area is 133 Å². The summed E-state index contributed by atoms with van der Waals surface area (Å²) in [6.07, 6.45) is 1.86. The highest BCUT2D eigenvalue weighted by Crippen LogP contribution is 2.29. The zero-order valence-corrected chi connectivity index (χ0v) is 13.4. The zero-order chi connectivity index (χ0) is 15.7. The van der Waals surface area contributed by atoms with E-state index in [9.17, 15) is 9.59 Å². The Balaban J connectivity index is 1.82.